The van der Waals surface area contributed by atoms with Gasteiger partial charge in [0, 0.05) is 16.0 Å². The van der Waals surface area contributed by atoms with Crippen LogP contribution in [0.1, 0.15) is 5.01 Å². The first-order valence-electron chi connectivity index (χ1n) is 4.02. The minimum Gasteiger partial charge on any atom is -0.226 e. The van der Waals surface area contributed by atoms with Crippen molar-refractivity contribution in [2.45, 2.75) is 0 Å². The molecule has 0 aliphatic heterocycles. The van der Waals surface area contributed by atoms with E-state index < -0.39 is 5.82 Å². The lowest BCUT2D eigenvalue weighted by Gasteiger charge is -1.99. The van der Waals surface area contributed by atoms with Crippen molar-refractivity contribution < 1.29 is 4.39 Å². The van der Waals surface area contributed by atoms with Gasteiger partial charge in [0.1, 0.15) is 11.9 Å². The number of rotatable bonds is 1. The molecule has 0 unspecified atom stereocenters. The molecule has 2 rings (SSSR count). The van der Waals surface area contributed by atoms with Crippen LogP contribution in [0.2, 0.25) is 5.02 Å². The summed E-state index contributed by atoms with van der Waals surface area (Å²) in [6, 6.07) is 6.15. The maximum Gasteiger partial charge on any atom is 0.194 e. The van der Waals surface area contributed by atoms with Crippen molar-refractivity contribution in [3.8, 4) is 17.3 Å². The fourth-order valence-corrected chi connectivity index (χ4v) is 1.92. The molecule has 0 atom stereocenters. The number of thiazole rings is 1. The molecule has 1 aromatic heterocycles. The highest BCUT2D eigenvalue weighted by atomic mass is 35.5. The molecule has 0 fully saturated rings. The van der Waals surface area contributed by atoms with Crippen LogP contribution in [0.5, 0.6) is 0 Å². The van der Waals surface area contributed by atoms with Gasteiger partial charge in [0.05, 0.1) is 5.69 Å². The smallest absolute Gasteiger partial charge is 0.194 e. The van der Waals surface area contributed by atoms with E-state index in [9.17, 15) is 4.39 Å². The average molecular weight is 239 g/mol. The van der Waals surface area contributed by atoms with Gasteiger partial charge in [0.15, 0.2) is 5.01 Å². The molecule has 1 aromatic carbocycles. The fourth-order valence-electron chi connectivity index (χ4n) is 1.14. The van der Waals surface area contributed by atoms with Crippen molar-refractivity contribution in [1.29, 1.82) is 5.26 Å². The van der Waals surface area contributed by atoms with Gasteiger partial charge in [-0.2, -0.15) is 5.26 Å². The Kier molecular flexibility index (Phi) is 2.67. The minimum absolute atomic E-state index is 0.310. The third-order valence-corrected chi connectivity index (χ3v) is 2.79. The van der Waals surface area contributed by atoms with Crippen molar-refractivity contribution >= 4 is 22.9 Å². The van der Waals surface area contributed by atoms with Crippen LogP contribution in [0.4, 0.5) is 4.39 Å². The molecule has 0 aliphatic carbocycles. The third-order valence-electron chi connectivity index (χ3n) is 1.80. The van der Waals surface area contributed by atoms with Gasteiger partial charge in [-0.05, 0) is 18.2 Å². The van der Waals surface area contributed by atoms with Crippen LogP contribution in [0.25, 0.3) is 11.3 Å². The predicted molar refractivity (Wildman–Crippen MR) is 57.2 cm³/mol. The Labute approximate surface area is 94.6 Å². The molecular weight excluding hydrogens is 235 g/mol. The van der Waals surface area contributed by atoms with Crippen molar-refractivity contribution in [3.63, 3.8) is 0 Å². The van der Waals surface area contributed by atoms with Crippen LogP contribution in [-0.4, -0.2) is 4.98 Å². The summed E-state index contributed by atoms with van der Waals surface area (Å²) in [7, 11) is 0. The lowest BCUT2D eigenvalue weighted by atomic mass is 10.1. The molecule has 0 bridgehead atoms. The van der Waals surface area contributed by atoms with Crippen LogP contribution in [0, 0.1) is 17.1 Å². The maximum atomic E-state index is 13.4. The van der Waals surface area contributed by atoms with E-state index in [0.29, 0.717) is 21.3 Å². The molecule has 2 aromatic rings. The summed E-state index contributed by atoms with van der Waals surface area (Å²) in [4.78, 5) is 3.96. The van der Waals surface area contributed by atoms with Crippen LogP contribution in [0.3, 0.4) is 0 Å². The molecular formula is C10H4ClFN2S. The highest BCUT2D eigenvalue weighted by molar-refractivity contribution is 7.10. The average Bonchev–Trinajstić information content (AvgIpc) is 2.70. The van der Waals surface area contributed by atoms with Gasteiger partial charge in [-0.15, -0.1) is 11.3 Å². The van der Waals surface area contributed by atoms with Gasteiger partial charge < -0.3 is 0 Å². The zero-order valence-corrected chi connectivity index (χ0v) is 8.94. The maximum absolute atomic E-state index is 13.4. The first-order chi connectivity index (χ1) is 7.20. The third kappa shape index (κ3) is 1.99. The summed E-state index contributed by atoms with van der Waals surface area (Å²) >= 11 is 6.93. The number of nitrogens with zero attached hydrogens (tertiary/aromatic N) is 2. The number of hydrogen-bond donors (Lipinski definition) is 0. The number of hydrogen-bond acceptors (Lipinski definition) is 3. The Balaban J connectivity index is 2.54. The molecule has 0 saturated carbocycles. The Morgan fingerprint density at radius 1 is 1.47 bits per heavy atom. The van der Waals surface area contributed by atoms with E-state index in [4.69, 9.17) is 16.9 Å². The van der Waals surface area contributed by atoms with Crippen LogP contribution in [-0.2, 0) is 0 Å². The van der Waals surface area contributed by atoms with E-state index >= 15 is 0 Å². The highest BCUT2D eigenvalue weighted by Gasteiger charge is 2.09. The molecule has 2 nitrogen and oxygen atoms in total. The second-order valence-electron chi connectivity index (χ2n) is 2.77. The van der Waals surface area contributed by atoms with E-state index in [2.05, 4.69) is 4.98 Å². The van der Waals surface area contributed by atoms with Crippen LogP contribution in [0.15, 0.2) is 23.6 Å². The fraction of sp³-hybridized carbons (Fsp3) is 0. The molecule has 74 valence electrons. The number of nitriles is 1. The molecule has 0 saturated heterocycles. The molecule has 0 spiro atoms. The molecule has 15 heavy (non-hydrogen) atoms. The molecule has 0 amide bonds. The quantitative estimate of drug-likeness (QED) is 0.763. The first-order valence-corrected chi connectivity index (χ1v) is 5.27. The van der Waals surface area contributed by atoms with Gasteiger partial charge >= 0.3 is 0 Å². The van der Waals surface area contributed by atoms with Crippen LogP contribution < -0.4 is 0 Å². The van der Waals surface area contributed by atoms with Gasteiger partial charge in [-0.1, -0.05) is 11.6 Å². The topological polar surface area (TPSA) is 36.7 Å². The number of benzene rings is 1. The summed E-state index contributed by atoms with van der Waals surface area (Å²) in [5, 5.41) is 11.0. The summed E-state index contributed by atoms with van der Waals surface area (Å²) in [5.41, 5.74) is 0.761. The highest BCUT2D eigenvalue weighted by Crippen LogP contribution is 2.26. The minimum atomic E-state index is -0.394. The van der Waals surface area contributed by atoms with Crippen molar-refractivity contribution in [2.75, 3.05) is 0 Å². The van der Waals surface area contributed by atoms with Gasteiger partial charge in [0.25, 0.3) is 0 Å². The Morgan fingerprint density at radius 2 is 2.27 bits per heavy atom. The standard InChI is InChI=1S/C10H4ClFN2S/c11-6-1-2-8(12)7(3-6)9-5-15-10(4-13)14-9/h1-3,5H. The molecule has 0 radical (unpaired) electrons. The number of aromatic nitrogens is 1. The van der Waals surface area contributed by atoms with E-state index in [1.807, 2.05) is 6.07 Å². The second kappa shape index (κ2) is 3.97. The van der Waals surface area contributed by atoms with Gasteiger partial charge in [-0.3, -0.25) is 0 Å². The summed E-state index contributed by atoms with van der Waals surface area (Å²) < 4.78 is 13.4. The van der Waals surface area contributed by atoms with Crippen molar-refractivity contribution in [3.05, 3.63) is 39.4 Å². The largest absolute Gasteiger partial charge is 0.226 e. The van der Waals surface area contributed by atoms with Crippen molar-refractivity contribution in [1.82, 2.24) is 4.98 Å². The lowest BCUT2D eigenvalue weighted by molar-refractivity contribution is 0.631. The van der Waals surface area contributed by atoms with E-state index in [1.54, 1.807) is 5.38 Å². The summed E-state index contributed by atoms with van der Waals surface area (Å²) in [6.07, 6.45) is 0. The van der Waals surface area contributed by atoms with E-state index in [1.165, 1.54) is 29.5 Å². The molecule has 0 aliphatic rings. The Morgan fingerprint density at radius 3 is 2.93 bits per heavy atom. The first kappa shape index (κ1) is 10.1. The molecule has 0 N–H and O–H groups in total. The van der Waals surface area contributed by atoms with E-state index in [-0.39, 0.29) is 0 Å². The van der Waals surface area contributed by atoms with Crippen LogP contribution >= 0.6 is 22.9 Å². The monoisotopic (exact) mass is 238 g/mol. The van der Waals surface area contributed by atoms with Crippen molar-refractivity contribution in [2.24, 2.45) is 0 Å². The Bertz CT molecular complexity index is 545. The predicted octanol–water partition coefficient (Wildman–Crippen LogP) is 3.47. The SMILES string of the molecule is N#Cc1nc(-c2cc(Cl)ccc2F)cs1. The second-order valence-corrected chi connectivity index (χ2v) is 4.07. The van der Waals surface area contributed by atoms with E-state index in [0.717, 1.165) is 0 Å². The van der Waals surface area contributed by atoms with Gasteiger partial charge in [0.2, 0.25) is 0 Å². The zero-order valence-electron chi connectivity index (χ0n) is 7.37. The summed E-state index contributed by atoms with van der Waals surface area (Å²) in [5.74, 6) is -0.394. The lowest BCUT2D eigenvalue weighted by Crippen LogP contribution is -1.84. The number of halogens is 2. The molecule has 5 heteroatoms. The summed E-state index contributed by atoms with van der Waals surface area (Å²) in [6.45, 7) is 0. The zero-order chi connectivity index (χ0) is 10.8. The Hall–Kier alpha value is -1.44. The molecule has 1 heterocycles. The van der Waals surface area contributed by atoms with Gasteiger partial charge in [-0.25, -0.2) is 9.37 Å². The normalized spacial score (nSPS) is 9.93.